The summed E-state index contributed by atoms with van der Waals surface area (Å²) in [5.41, 5.74) is 0.376. The van der Waals surface area contributed by atoms with Gasteiger partial charge in [-0.1, -0.05) is 12.8 Å². The summed E-state index contributed by atoms with van der Waals surface area (Å²) in [5, 5.41) is 6.06. The maximum absolute atomic E-state index is 12.1. The molecular weight excluding hydrogens is 272 g/mol. The summed E-state index contributed by atoms with van der Waals surface area (Å²) in [5.74, 6) is 0.557. The van der Waals surface area contributed by atoms with E-state index in [0.717, 1.165) is 6.54 Å². The van der Waals surface area contributed by atoms with Crippen LogP contribution in [0.25, 0.3) is 0 Å². The average Bonchev–Trinajstić information content (AvgIpc) is 2.95. The highest BCUT2D eigenvalue weighted by Gasteiger charge is 2.33. The Morgan fingerprint density at radius 3 is 2.65 bits per heavy atom. The molecule has 1 aromatic heterocycles. The van der Waals surface area contributed by atoms with Crippen molar-refractivity contribution in [1.82, 2.24) is 15.3 Å². The zero-order chi connectivity index (χ0) is 14.4. The van der Waals surface area contributed by atoms with E-state index in [-0.39, 0.29) is 10.7 Å². The van der Waals surface area contributed by atoms with Crippen LogP contribution in [0, 0.1) is 0 Å². The number of nitrogens with zero attached hydrogens (tertiary/aromatic N) is 2. The maximum Gasteiger partial charge on any atom is 0.271 e. The lowest BCUT2D eigenvalue weighted by molar-refractivity contribution is 0.0944. The van der Waals surface area contributed by atoms with Crippen LogP contribution in [0.15, 0.2) is 12.4 Å². The van der Waals surface area contributed by atoms with E-state index in [0.29, 0.717) is 18.1 Å². The Balaban J connectivity index is 1.91. The predicted octanol–water partition coefficient (Wildman–Crippen LogP) is 2.31. The van der Waals surface area contributed by atoms with E-state index in [9.17, 15) is 4.79 Å². The van der Waals surface area contributed by atoms with E-state index >= 15 is 0 Å². The van der Waals surface area contributed by atoms with Crippen LogP contribution in [0.5, 0.6) is 0 Å². The Morgan fingerprint density at radius 1 is 1.35 bits per heavy atom. The van der Waals surface area contributed by atoms with Crippen molar-refractivity contribution < 1.29 is 4.79 Å². The van der Waals surface area contributed by atoms with E-state index in [2.05, 4.69) is 26.9 Å². The molecule has 1 amide bonds. The van der Waals surface area contributed by atoms with Gasteiger partial charge in [0.1, 0.15) is 11.5 Å². The van der Waals surface area contributed by atoms with E-state index in [1.807, 2.05) is 18.7 Å². The van der Waals surface area contributed by atoms with Crippen molar-refractivity contribution in [3.63, 3.8) is 0 Å². The van der Waals surface area contributed by atoms with Gasteiger partial charge in [0, 0.05) is 17.8 Å². The Kier molecular flexibility index (Phi) is 5.23. The fourth-order valence-corrected chi connectivity index (χ4v) is 3.44. The van der Waals surface area contributed by atoms with E-state index < -0.39 is 0 Å². The smallest absolute Gasteiger partial charge is 0.271 e. The van der Waals surface area contributed by atoms with Gasteiger partial charge in [0.2, 0.25) is 0 Å². The molecule has 1 fully saturated rings. The summed E-state index contributed by atoms with van der Waals surface area (Å²) >= 11 is 1.87. The molecule has 2 rings (SSSR count). The van der Waals surface area contributed by atoms with E-state index in [1.165, 1.54) is 31.9 Å². The van der Waals surface area contributed by atoms with Crippen molar-refractivity contribution in [1.29, 1.82) is 0 Å². The standard InChI is InChI=1S/C14H22N4OS/c1-3-15-12-9-16-11(8-17-12)13(19)18-10-14(20-2)6-4-5-7-14/h8-9H,3-7,10H2,1-2H3,(H,15,17)(H,18,19). The van der Waals surface area contributed by atoms with Gasteiger partial charge < -0.3 is 10.6 Å². The number of amides is 1. The fourth-order valence-electron chi connectivity index (χ4n) is 2.52. The molecule has 0 bridgehead atoms. The minimum absolute atomic E-state index is 0.138. The number of anilines is 1. The van der Waals surface area contributed by atoms with Crippen LogP contribution in [0.3, 0.4) is 0 Å². The predicted molar refractivity (Wildman–Crippen MR) is 83.2 cm³/mol. The van der Waals surface area contributed by atoms with Crippen LogP contribution in [0.2, 0.25) is 0 Å². The summed E-state index contributed by atoms with van der Waals surface area (Å²) in [6.45, 7) is 3.49. The third kappa shape index (κ3) is 3.62. The van der Waals surface area contributed by atoms with Gasteiger partial charge in [0.05, 0.1) is 12.4 Å². The second-order valence-electron chi connectivity index (χ2n) is 5.09. The highest BCUT2D eigenvalue weighted by molar-refractivity contribution is 8.00. The van der Waals surface area contributed by atoms with Crippen molar-refractivity contribution in [2.45, 2.75) is 37.4 Å². The van der Waals surface area contributed by atoms with Crippen LogP contribution in [0.1, 0.15) is 43.1 Å². The van der Waals surface area contributed by atoms with Crippen LogP contribution in [-0.2, 0) is 0 Å². The van der Waals surface area contributed by atoms with Crippen molar-refractivity contribution in [2.75, 3.05) is 24.7 Å². The third-order valence-corrected chi connectivity index (χ3v) is 5.18. The Hall–Kier alpha value is -1.30. The molecular formula is C14H22N4OS. The molecule has 0 aliphatic heterocycles. The van der Waals surface area contributed by atoms with Gasteiger partial charge in [-0.2, -0.15) is 11.8 Å². The SMILES string of the molecule is CCNc1cnc(C(=O)NCC2(SC)CCCC2)cn1. The molecule has 0 radical (unpaired) electrons. The van der Waals surface area contributed by atoms with Gasteiger partial charge in [-0.25, -0.2) is 9.97 Å². The molecule has 0 spiro atoms. The van der Waals surface area contributed by atoms with Crippen LogP contribution < -0.4 is 10.6 Å². The van der Waals surface area contributed by atoms with Gasteiger partial charge in [0.25, 0.3) is 5.91 Å². The summed E-state index contributed by atoms with van der Waals surface area (Å²) in [7, 11) is 0. The molecule has 20 heavy (non-hydrogen) atoms. The summed E-state index contributed by atoms with van der Waals surface area (Å²) in [4.78, 5) is 20.4. The van der Waals surface area contributed by atoms with Crippen molar-refractivity contribution in [3.8, 4) is 0 Å². The molecule has 0 atom stereocenters. The average molecular weight is 294 g/mol. The number of hydrogen-bond acceptors (Lipinski definition) is 5. The molecule has 6 heteroatoms. The molecule has 110 valence electrons. The Morgan fingerprint density at radius 2 is 2.10 bits per heavy atom. The molecule has 5 nitrogen and oxygen atoms in total. The van der Waals surface area contributed by atoms with Crippen molar-refractivity contribution >= 4 is 23.5 Å². The molecule has 0 aromatic carbocycles. The fraction of sp³-hybridized carbons (Fsp3) is 0.643. The lowest BCUT2D eigenvalue weighted by atomic mass is 10.1. The minimum atomic E-state index is -0.138. The van der Waals surface area contributed by atoms with Gasteiger partial charge >= 0.3 is 0 Å². The van der Waals surface area contributed by atoms with Gasteiger partial charge in [-0.3, -0.25) is 4.79 Å². The summed E-state index contributed by atoms with van der Waals surface area (Å²) in [6.07, 6.45) is 10.1. The van der Waals surface area contributed by atoms with Gasteiger partial charge in [-0.15, -0.1) is 0 Å². The largest absolute Gasteiger partial charge is 0.369 e. The maximum atomic E-state index is 12.1. The van der Waals surface area contributed by atoms with Crippen LogP contribution in [-0.4, -0.2) is 40.0 Å². The zero-order valence-corrected chi connectivity index (χ0v) is 12.9. The van der Waals surface area contributed by atoms with Crippen molar-refractivity contribution in [2.24, 2.45) is 0 Å². The molecule has 1 aliphatic rings. The molecule has 1 aromatic rings. The van der Waals surface area contributed by atoms with Gasteiger partial charge in [-0.05, 0) is 26.0 Å². The summed E-state index contributed by atoms with van der Waals surface area (Å²) in [6, 6.07) is 0. The third-order valence-electron chi connectivity index (χ3n) is 3.76. The number of carbonyl (C=O) groups excluding carboxylic acids is 1. The highest BCUT2D eigenvalue weighted by atomic mass is 32.2. The number of thioether (sulfide) groups is 1. The number of rotatable bonds is 6. The van der Waals surface area contributed by atoms with E-state index in [4.69, 9.17) is 0 Å². The van der Waals surface area contributed by atoms with Crippen molar-refractivity contribution in [3.05, 3.63) is 18.1 Å². The molecule has 1 heterocycles. The van der Waals surface area contributed by atoms with Crippen LogP contribution in [0.4, 0.5) is 5.82 Å². The molecule has 0 saturated heterocycles. The van der Waals surface area contributed by atoms with Crippen LogP contribution >= 0.6 is 11.8 Å². The molecule has 2 N–H and O–H groups in total. The first-order chi connectivity index (χ1) is 9.69. The topological polar surface area (TPSA) is 66.9 Å². The first-order valence-corrected chi connectivity index (χ1v) is 8.31. The normalized spacial score (nSPS) is 16.9. The second-order valence-corrected chi connectivity index (χ2v) is 6.37. The number of nitrogens with one attached hydrogen (secondary N) is 2. The van der Waals surface area contributed by atoms with E-state index in [1.54, 1.807) is 6.20 Å². The van der Waals surface area contributed by atoms with Gasteiger partial charge in [0.15, 0.2) is 0 Å². The Bertz CT molecular complexity index is 443. The number of hydrogen-bond donors (Lipinski definition) is 2. The lowest BCUT2D eigenvalue weighted by Gasteiger charge is -2.26. The monoisotopic (exact) mass is 294 g/mol. The molecule has 1 saturated carbocycles. The number of carbonyl (C=O) groups is 1. The number of aromatic nitrogens is 2. The first-order valence-electron chi connectivity index (χ1n) is 7.08. The highest BCUT2D eigenvalue weighted by Crippen LogP contribution is 2.39. The molecule has 0 unspecified atom stereocenters. The second kappa shape index (κ2) is 6.92. The zero-order valence-electron chi connectivity index (χ0n) is 12.1. The quantitative estimate of drug-likeness (QED) is 0.843. The first kappa shape index (κ1) is 15.1. The Labute approximate surface area is 124 Å². The summed E-state index contributed by atoms with van der Waals surface area (Å²) < 4.78 is 0.215. The molecule has 1 aliphatic carbocycles. The lowest BCUT2D eigenvalue weighted by Crippen LogP contribution is -2.38. The minimum Gasteiger partial charge on any atom is -0.369 e.